The van der Waals surface area contributed by atoms with E-state index in [1.54, 1.807) is 6.20 Å². The van der Waals surface area contributed by atoms with Crippen LogP contribution in [0.25, 0.3) is 10.9 Å². The number of ether oxygens (including phenoxy) is 3. The van der Waals surface area contributed by atoms with Gasteiger partial charge in [-0.1, -0.05) is 24.3 Å². The highest BCUT2D eigenvalue weighted by molar-refractivity contribution is 5.83. The standard InChI is InChI=1S/C23H23NO4/c1-15(17-12-16-6-4-5-7-19(16)24-14-17)28-22(25)23(2,3)18-8-9-20-21(13-18)27-11-10-26-20/h4-9,12-15H,10-11H2,1-3H3. The maximum absolute atomic E-state index is 13.0. The van der Waals surface area contributed by atoms with E-state index in [0.29, 0.717) is 24.7 Å². The third kappa shape index (κ3) is 3.40. The van der Waals surface area contributed by atoms with Crippen molar-refractivity contribution in [3.8, 4) is 11.5 Å². The van der Waals surface area contributed by atoms with Crippen LogP contribution in [0.3, 0.4) is 0 Å². The third-order valence-corrected chi connectivity index (χ3v) is 5.14. The summed E-state index contributed by atoms with van der Waals surface area (Å²) in [7, 11) is 0. The zero-order chi connectivity index (χ0) is 19.7. The van der Waals surface area contributed by atoms with Gasteiger partial charge < -0.3 is 14.2 Å². The van der Waals surface area contributed by atoms with Gasteiger partial charge in [0, 0.05) is 17.1 Å². The van der Waals surface area contributed by atoms with Gasteiger partial charge in [0.05, 0.1) is 10.9 Å². The minimum atomic E-state index is -0.825. The van der Waals surface area contributed by atoms with E-state index < -0.39 is 11.5 Å². The molecule has 28 heavy (non-hydrogen) atoms. The van der Waals surface area contributed by atoms with Crippen LogP contribution in [0.15, 0.2) is 54.7 Å². The van der Waals surface area contributed by atoms with Crippen LogP contribution in [0, 0.1) is 0 Å². The summed E-state index contributed by atoms with van der Waals surface area (Å²) in [6.45, 7) is 6.62. The fourth-order valence-corrected chi connectivity index (χ4v) is 3.24. The molecule has 3 aromatic rings. The Kier molecular flexibility index (Phi) is 4.67. The van der Waals surface area contributed by atoms with Crippen molar-refractivity contribution in [1.29, 1.82) is 0 Å². The molecule has 1 aliphatic heterocycles. The maximum Gasteiger partial charge on any atom is 0.316 e. The Morgan fingerprint density at radius 2 is 1.82 bits per heavy atom. The molecule has 5 nitrogen and oxygen atoms in total. The zero-order valence-electron chi connectivity index (χ0n) is 16.3. The summed E-state index contributed by atoms with van der Waals surface area (Å²) in [5.41, 5.74) is 1.78. The van der Waals surface area contributed by atoms with E-state index in [9.17, 15) is 4.79 Å². The number of hydrogen-bond donors (Lipinski definition) is 0. The second-order valence-electron chi connectivity index (χ2n) is 7.49. The van der Waals surface area contributed by atoms with Crippen molar-refractivity contribution < 1.29 is 19.0 Å². The lowest BCUT2D eigenvalue weighted by molar-refractivity contribution is -0.154. The van der Waals surface area contributed by atoms with E-state index in [0.717, 1.165) is 22.0 Å². The number of benzene rings is 2. The van der Waals surface area contributed by atoms with Crippen molar-refractivity contribution in [3.63, 3.8) is 0 Å². The number of nitrogens with zero attached hydrogens (tertiary/aromatic N) is 1. The number of hydrogen-bond acceptors (Lipinski definition) is 5. The van der Waals surface area contributed by atoms with Gasteiger partial charge in [0.15, 0.2) is 11.5 Å². The minimum Gasteiger partial charge on any atom is -0.486 e. The molecule has 0 amide bonds. The Labute approximate surface area is 164 Å². The lowest BCUT2D eigenvalue weighted by atomic mass is 9.84. The second kappa shape index (κ2) is 7.15. The number of esters is 1. The molecule has 1 aliphatic rings. The number of rotatable bonds is 4. The van der Waals surface area contributed by atoms with Crippen molar-refractivity contribution in [2.45, 2.75) is 32.3 Å². The highest BCUT2D eigenvalue weighted by Gasteiger charge is 2.34. The molecular weight excluding hydrogens is 354 g/mol. The molecule has 1 aromatic heterocycles. The zero-order valence-corrected chi connectivity index (χ0v) is 16.3. The lowest BCUT2D eigenvalue weighted by Gasteiger charge is -2.27. The normalized spacial score (nSPS) is 14.5. The molecule has 144 valence electrons. The van der Waals surface area contributed by atoms with E-state index >= 15 is 0 Å². The van der Waals surface area contributed by atoms with Crippen LogP contribution >= 0.6 is 0 Å². The Morgan fingerprint density at radius 1 is 1.07 bits per heavy atom. The van der Waals surface area contributed by atoms with Gasteiger partial charge in [-0.3, -0.25) is 9.78 Å². The number of carbonyl (C=O) groups is 1. The monoisotopic (exact) mass is 377 g/mol. The maximum atomic E-state index is 13.0. The summed E-state index contributed by atoms with van der Waals surface area (Å²) >= 11 is 0. The molecule has 1 unspecified atom stereocenters. The van der Waals surface area contributed by atoms with Crippen molar-refractivity contribution in [2.75, 3.05) is 13.2 Å². The summed E-state index contributed by atoms with van der Waals surface area (Å²) in [6.07, 6.45) is 1.36. The molecule has 2 heterocycles. The first-order chi connectivity index (χ1) is 13.4. The van der Waals surface area contributed by atoms with Crippen molar-refractivity contribution in [3.05, 3.63) is 65.9 Å². The number of aromatic nitrogens is 1. The lowest BCUT2D eigenvalue weighted by Crippen LogP contribution is -2.32. The summed E-state index contributed by atoms with van der Waals surface area (Å²) in [4.78, 5) is 17.4. The van der Waals surface area contributed by atoms with Gasteiger partial charge in [-0.15, -0.1) is 0 Å². The van der Waals surface area contributed by atoms with Crippen LogP contribution in [0.1, 0.15) is 38.0 Å². The Balaban J connectivity index is 1.54. The van der Waals surface area contributed by atoms with Gasteiger partial charge in [0.2, 0.25) is 0 Å². The molecule has 1 atom stereocenters. The molecule has 0 bridgehead atoms. The smallest absolute Gasteiger partial charge is 0.316 e. The highest BCUT2D eigenvalue weighted by atomic mass is 16.6. The first kappa shape index (κ1) is 18.3. The first-order valence-corrected chi connectivity index (χ1v) is 9.41. The molecule has 0 spiro atoms. The fraction of sp³-hybridized carbons (Fsp3) is 0.304. The molecule has 0 aliphatic carbocycles. The van der Waals surface area contributed by atoms with Gasteiger partial charge in [0.25, 0.3) is 0 Å². The summed E-state index contributed by atoms with van der Waals surface area (Å²) in [5, 5.41) is 1.02. The molecule has 0 N–H and O–H groups in total. The Morgan fingerprint density at radius 3 is 2.64 bits per heavy atom. The summed E-state index contributed by atoms with van der Waals surface area (Å²) < 4.78 is 17.0. The molecule has 4 rings (SSSR count). The summed E-state index contributed by atoms with van der Waals surface area (Å²) in [6, 6.07) is 15.5. The van der Waals surface area contributed by atoms with Crippen LogP contribution < -0.4 is 9.47 Å². The van der Waals surface area contributed by atoms with Crippen molar-refractivity contribution >= 4 is 16.9 Å². The molecule has 0 fully saturated rings. The van der Waals surface area contributed by atoms with Gasteiger partial charge in [-0.25, -0.2) is 0 Å². The fourth-order valence-electron chi connectivity index (χ4n) is 3.24. The predicted molar refractivity (Wildman–Crippen MR) is 107 cm³/mol. The quantitative estimate of drug-likeness (QED) is 0.623. The van der Waals surface area contributed by atoms with Gasteiger partial charge in [0.1, 0.15) is 19.3 Å². The van der Waals surface area contributed by atoms with E-state index in [2.05, 4.69) is 4.98 Å². The molecule has 5 heteroatoms. The summed E-state index contributed by atoms with van der Waals surface area (Å²) in [5.74, 6) is 1.07. The number of carbonyl (C=O) groups excluding carboxylic acids is 1. The topological polar surface area (TPSA) is 57.7 Å². The van der Waals surface area contributed by atoms with Crippen LogP contribution in [0.4, 0.5) is 0 Å². The first-order valence-electron chi connectivity index (χ1n) is 9.41. The van der Waals surface area contributed by atoms with E-state index in [4.69, 9.17) is 14.2 Å². The molecule has 0 radical (unpaired) electrons. The number of fused-ring (bicyclic) bond motifs is 2. The van der Waals surface area contributed by atoms with Crippen LogP contribution in [-0.2, 0) is 14.9 Å². The van der Waals surface area contributed by atoms with E-state index in [-0.39, 0.29) is 5.97 Å². The average Bonchev–Trinajstić information content (AvgIpc) is 2.72. The Hall–Kier alpha value is -3.08. The second-order valence-corrected chi connectivity index (χ2v) is 7.49. The molecule has 0 saturated heterocycles. The number of para-hydroxylation sites is 1. The van der Waals surface area contributed by atoms with Gasteiger partial charge >= 0.3 is 5.97 Å². The molecule has 0 saturated carbocycles. The molecule has 2 aromatic carbocycles. The van der Waals surface area contributed by atoms with Crippen molar-refractivity contribution in [1.82, 2.24) is 4.98 Å². The highest BCUT2D eigenvalue weighted by Crippen LogP contribution is 2.36. The van der Waals surface area contributed by atoms with Gasteiger partial charge in [-0.05, 0) is 50.6 Å². The van der Waals surface area contributed by atoms with E-state index in [1.165, 1.54) is 0 Å². The van der Waals surface area contributed by atoms with Crippen LogP contribution in [0.2, 0.25) is 0 Å². The minimum absolute atomic E-state index is 0.301. The van der Waals surface area contributed by atoms with E-state index in [1.807, 2.05) is 69.3 Å². The third-order valence-electron chi connectivity index (χ3n) is 5.14. The van der Waals surface area contributed by atoms with Crippen LogP contribution in [-0.4, -0.2) is 24.2 Å². The van der Waals surface area contributed by atoms with Crippen molar-refractivity contribution in [2.24, 2.45) is 0 Å². The Bertz CT molecular complexity index is 1030. The SMILES string of the molecule is CC(OC(=O)C(C)(C)c1ccc2c(c1)OCCO2)c1cnc2ccccc2c1. The largest absolute Gasteiger partial charge is 0.486 e. The van der Waals surface area contributed by atoms with Crippen LogP contribution in [0.5, 0.6) is 11.5 Å². The molecular formula is C23H23NO4. The van der Waals surface area contributed by atoms with Gasteiger partial charge in [-0.2, -0.15) is 0 Å². The average molecular weight is 377 g/mol. The number of pyridine rings is 1. The predicted octanol–water partition coefficient (Wildman–Crippen LogP) is 4.59.